The molecule has 0 fully saturated rings. The molecular weight excluding hydrogens is 140 g/mol. The van der Waals surface area contributed by atoms with E-state index in [1.165, 1.54) is 13.8 Å². The second kappa shape index (κ2) is 11.9. The van der Waals surface area contributed by atoms with E-state index in [2.05, 4.69) is 24.3 Å². The Morgan fingerprint density at radius 1 is 1.18 bits per heavy atom. The van der Waals surface area contributed by atoms with Crippen LogP contribution in [0.3, 0.4) is 0 Å². The van der Waals surface area contributed by atoms with Crippen molar-refractivity contribution in [2.75, 3.05) is 7.11 Å². The molecule has 1 aliphatic rings. The van der Waals surface area contributed by atoms with Crippen molar-refractivity contribution in [3.8, 4) is 0 Å². The number of carbonyl (C=O) groups excluding carboxylic acids is 1. The van der Waals surface area contributed by atoms with Gasteiger partial charge in [-0.25, -0.2) is 0 Å². The van der Waals surface area contributed by atoms with Crippen LogP contribution in [0.15, 0.2) is 24.3 Å². The van der Waals surface area contributed by atoms with Gasteiger partial charge in [-0.2, -0.15) is 0 Å². The van der Waals surface area contributed by atoms with Gasteiger partial charge in [0.05, 0.1) is 0 Å². The molecule has 2 nitrogen and oxygen atoms in total. The summed E-state index contributed by atoms with van der Waals surface area (Å²) in [6.07, 6.45) is 9.50. The van der Waals surface area contributed by atoms with Gasteiger partial charge in [-0.1, -0.05) is 24.3 Å². The van der Waals surface area contributed by atoms with Crippen LogP contribution in [0.1, 0.15) is 20.3 Å². The lowest BCUT2D eigenvalue weighted by atomic mass is 10.5. The normalized spacial score (nSPS) is 10.9. The van der Waals surface area contributed by atoms with E-state index in [-0.39, 0.29) is 5.78 Å². The first-order valence-electron chi connectivity index (χ1n) is 3.47. The van der Waals surface area contributed by atoms with E-state index >= 15 is 0 Å². The fraction of sp³-hybridized carbons (Fsp3) is 0.444. The number of hydrogen-bond donors (Lipinski definition) is 1. The van der Waals surface area contributed by atoms with E-state index in [9.17, 15) is 4.79 Å². The largest absolute Gasteiger partial charge is 0.400 e. The third-order valence-corrected chi connectivity index (χ3v) is 0.655. The van der Waals surface area contributed by atoms with Crippen LogP contribution in [0.4, 0.5) is 0 Å². The third kappa shape index (κ3) is 27.3. The van der Waals surface area contributed by atoms with E-state index in [4.69, 9.17) is 5.11 Å². The van der Waals surface area contributed by atoms with Crippen molar-refractivity contribution in [1.29, 1.82) is 0 Å². The van der Waals surface area contributed by atoms with Crippen LogP contribution >= 0.6 is 0 Å². The van der Waals surface area contributed by atoms with E-state index in [0.29, 0.717) is 0 Å². The number of Topliss-reactive ketones (excluding diaryl/α,β-unsaturated/α-hetero) is 1. The topological polar surface area (TPSA) is 37.3 Å². The molecule has 0 aromatic carbocycles. The molecule has 0 unspecified atom stereocenters. The number of aliphatic hydroxyl groups is 1. The molecule has 0 radical (unpaired) electrons. The SMILES string of the molecule is C1=CCC=C1.CC(C)=O.CO. The Kier molecular flexibility index (Phi) is 13.7. The lowest BCUT2D eigenvalue weighted by molar-refractivity contribution is -0.114. The van der Waals surface area contributed by atoms with Crippen LogP contribution in [0, 0.1) is 0 Å². The van der Waals surface area contributed by atoms with E-state index in [1.54, 1.807) is 0 Å². The highest BCUT2D eigenvalue weighted by molar-refractivity contribution is 5.72. The Bertz CT molecular complexity index is 120. The number of ketones is 1. The van der Waals surface area contributed by atoms with Gasteiger partial charge in [-0.15, -0.1) is 0 Å². The minimum atomic E-state index is 0.167. The second-order valence-electron chi connectivity index (χ2n) is 2.00. The zero-order valence-corrected chi connectivity index (χ0v) is 7.37. The Morgan fingerprint density at radius 2 is 1.45 bits per heavy atom. The molecule has 1 aliphatic carbocycles. The van der Waals surface area contributed by atoms with Gasteiger partial charge < -0.3 is 9.90 Å². The van der Waals surface area contributed by atoms with Gasteiger partial charge in [0, 0.05) is 7.11 Å². The number of carbonyl (C=O) groups is 1. The molecule has 0 bridgehead atoms. The molecule has 0 aromatic rings. The molecule has 0 saturated heterocycles. The Hall–Kier alpha value is -0.890. The molecule has 0 aliphatic heterocycles. The van der Waals surface area contributed by atoms with Crippen molar-refractivity contribution in [2.45, 2.75) is 20.3 Å². The maximum atomic E-state index is 9.44. The van der Waals surface area contributed by atoms with Gasteiger partial charge in [0.15, 0.2) is 0 Å². The highest BCUT2D eigenvalue weighted by Gasteiger charge is 1.72. The highest BCUT2D eigenvalue weighted by Crippen LogP contribution is 1.93. The van der Waals surface area contributed by atoms with Crippen molar-refractivity contribution < 1.29 is 9.90 Å². The average Bonchev–Trinajstić information content (AvgIpc) is 2.44. The van der Waals surface area contributed by atoms with Crippen LogP contribution in [0.2, 0.25) is 0 Å². The summed E-state index contributed by atoms with van der Waals surface area (Å²) < 4.78 is 0. The predicted molar refractivity (Wildman–Crippen MR) is 47.4 cm³/mol. The first-order chi connectivity index (χ1) is 5.23. The summed E-state index contributed by atoms with van der Waals surface area (Å²) in [5.41, 5.74) is 0. The number of hydrogen-bond acceptors (Lipinski definition) is 2. The highest BCUT2D eigenvalue weighted by atomic mass is 16.2. The molecule has 1 N–H and O–H groups in total. The fourth-order valence-electron chi connectivity index (χ4n) is 0.393. The fourth-order valence-corrected chi connectivity index (χ4v) is 0.393. The Labute approximate surface area is 68.2 Å². The molecule has 1 rings (SSSR count). The third-order valence-electron chi connectivity index (χ3n) is 0.655. The molecular formula is C9H16O2. The van der Waals surface area contributed by atoms with Crippen LogP contribution in [-0.4, -0.2) is 18.0 Å². The predicted octanol–water partition coefficient (Wildman–Crippen LogP) is 1.71. The van der Waals surface area contributed by atoms with Crippen molar-refractivity contribution >= 4 is 5.78 Å². The van der Waals surface area contributed by atoms with Crippen molar-refractivity contribution in [3.05, 3.63) is 24.3 Å². The van der Waals surface area contributed by atoms with Crippen molar-refractivity contribution in [3.63, 3.8) is 0 Å². The van der Waals surface area contributed by atoms with E-state index < -0.39 is 0 Å². The van der Waals surface area contributed by atoms with Gasteiger partial charge in [0.1, 0.15) is 5.78 Å². The second-order valence-corrected chi connectivity index (χ2v) is 2.00. The summed E-state index contributed by atoms with van der Waals surface area (Å²) in [6, 6.07) is 0. The molecule has 0 amide bonds. The van der Waals surface area contributed by atoms with E-state index in [1.807, 2.05) is 0 Å². The molecule has 11 heavy (non-hydrogen) atoms. The maximum Gasteiger partial charge on any atom is 0.126 e. The summed E-state index contributed by atoms with van der Waals surface area (Å²) in [5.74, 6) is 0.167. The van der Waals surface area contributed by atoms with Gasteiger partial charge in [-0.3, -0.25) is 0 Å². The summed E-state index contributed by atoms with van der Waals surface area (Å²) in [6.45, 7) is 3.06. The zero-order chi connectivity index (χ0) is 9.11. The summed E-state index contributed by atoms with van der Waals surface area (Å²) >= 11 is 0. The number of aliphatic hydroxyl groups excluding tert-OH is 1. The number of allylic oxidation sites excluding steroid dienone is 4. The standard InChI is InChI=1S/C5H6.C3H6O.CH4O/c1-2-4-5-3-1;1-3(2)4;1-2/h1-4H,5H2;1-2H3;2H,1H3. The first-order valence-corrected chi connectivity index (χ1v) is 3.47. The first kappa shape index (κ1) is 12.8. The minimum absolute atomic E-state index is 0.167. The van der Waals surface area contributed by atoms with Crippen LogP contribution < -0.4 is 0 Å². The quantitative estimate of drug-likeness (QED) is 0.579. The minimum Gasteiger partial charge on any atom is -0.400 e. The summed E-state index contributed by atoms with van der Waals surface area (Å²) in [7, 11) is 1.00. The van der Waals surface area contributed by atoms with Gasteiger partial charge in [0.25, 0.3) is 0 Å². The van der Waals surface area contributed by atoms with Crippen LogP contribution in [-0.2, 0) is 4.79 Å². The number of rotatable bonds is 0. The molecule has 0 heterocycles. The van der Waals surface area contributed by atoms with Crippen molar-refractivity contribution in [1.82, 2.24) is 0 Å². The van der Waals surface area contributed by atoms with E-state index in [0.717, 1.165) is 13.5 Å². The van der Waals surface area contributed by atoms with Gasteiger partial charge in [-0.05, 0) is 20.3 Å². The monoisotopic (exact) mass is 156 g/mol. The summed E-state index contributed by atoms with van der Waals surface area (Å²) in [5, 5.41) is 7.00. The lowest BCUT2D eigenvalue weighted by Crippen LogP contribution is -1.69. The summed E-state index contributed by atoms with van der Waals surface area (Å²) in [4.78, 5) is 9.44. The van der Waals surface area contributed by atoms with Crippen molar-refractivity contribution in [2.24, 2.45) is 0 Å². The average molecular weight is 156 g/mol. The Morgan fingerprint density at radius 3 is 1.55 bits per heavy atom. The molecule has 0 spiro atoms. The van der Waals surface area contributed by atoms with Crippen LogP contribution in [0.25, 0.3) is 0 Å². The maximum absolute atomic E-state index is 9.44. The Balaban J connectivity index is 0. The van der Waals surface area contributed by atoms with Crippen LogP contribution in [0.5, 0.6) is 0 Å². The lowest BCUT2D eigenvalue weighted by Gasteiger charge is -1.57. The van der Waals surface area contributed by atoms with Gasteiger partial charge in [0.2, 0.25) is 0 Å². The molecule has 0 saturated carbocycles. The smallest absolute Gasteiger partial charge is 0.126 e. The van der Waals surface area contributed by atoms with Gasteiger partial charge >= 0.3 is 0 Å². The molecule has 64 valence electrons. The molecule has 2 heteroatoms. The molecule has 0 aromatic heterocycles. The molecule has 0 atom stereocenters. The zero-order valence-electron chi connectivity index (χ0n) is 7.37.